The first-order valence-electron chi connectivity index (χ1n) is 7.55. The molecule has 1 aromatic heterocycles. The molecule has 0 atom stereocenters. The Kier molecular flexibility index (Phi) is 5.25. The molecule has 0 radical (unpaired) electrons. The zero-order chi connectivity index (χ0) is 17.6. The fourth-order valence-electron chi connectivity index (χ4n) is 2.22. The average Bonchev–Trinajstić information content (AvgIpc) is 3.15. The molecule has 0 aliphatic heterocycles. The van der Waals surface area contributed by atoms with E-state index in [-0.39, 0.29) is 18.2 Å². The zero-order valence-electron chi connectivity index (χ0n) is 13.1. The summed E-state index contributed by atoms with van der Waals surface area (Å²) in [5, 5.41) is 4.15. The fraction of sp³-hybridized carbons (Fsp3) is 0.0556. The third-order valence-corrected chi connectivity index (χ3v) is 4.02. The van der Waals surface area contributed by atoms with Gasteiger partial charge in [-0.05, 0) is 48.0 Å². The van der Waals surface area contributed by atoms with Crippen LogP contribution in [0, 0.1) is 0 Å². The molecule has 2 N–H and O–H groups in total. The van der Waals surface area contributed by atoms with Crippen molar-refractivity contribution >= 4 is 27.7 Å². The number of hydrogen-bond acceptors (Lipinski definition) is 3. The van der Waals surface area contributed by atoms with Crippen LogP contribution >= 0.6 is 15.9 Å². The molecular formula is C18H15BrN4O2. The van der Waals surface area contributed by atoms with E-state index in [1.807, 2.05) is 36.5 Å². The summed E-state index contributed by atoms with van der Waals surface area (Å²) in [6.45, 7) is 0. The first kappa shape index (κ1) is 16.9. The van der Waals surface area contributed by atoms with Crippen molar-refractivity contribution in [3.05, 3.63) is 82.6 Å². The second kappa shape index (κ2) is 7.76. The monoisotopic (exact) mass is 398 g/mol. The van der Waals surface area contributed by atoms with Crippen molar-refractivity contribution in [3.63, 3.8) is 0 Å². The first-order valence-corrected chi connectivity index (χ1v) is 8.35. The van der Waals surface area contributed by atoms with E-state index < -0.39 is 0 Å². The number of nitrogens with zero attached hydrogens (tertiary/aromatic N) is 2. The van der Waals surface area contributed by atoms with Gasteiger partial charge in [0.05, 0.1) is 12.1 Å². The van der Waals surface area contributed by atoms with Crippen LogP contribution in [0.1, 0.15) is 15.9 Å². The van der Waals surface area contributed by atoms with Crippen LogP contribution < -0.4 is 10.9 Å². The van der Waals surface area contributed by atoms with E-state index in [0.717, 1.165) is 15.7 Å². The molecule has 1 heterocycles. The zero-order valence-corrected chi connectivity index (χ0v) is 14.7. The SMILES string of the molecule is O=C(Cc1ccc(-n2cccn2)cc1)NNC(=O)c1ccc(Br)cc1. The normalized spacial score (nSPS) is 10.3. The van der Waals surface area contributed by atoms with Gasteiger partial charge in [-0.1, -0.05) is 28.1 Å². The molecule has 0 aliphatic carbocycles. The Bertz CT molecular complexity index is 859. The third-order valence-electron chi connectivity index (χ3n) is 3.49. The minimum absolute atomic E-state index is 0.167. The van der Waals surface area contributed by atoms with Crippen LogP contribution in [0.2, 0.25) is 0 Å². The second-order valence-electron chi connectivity index (χ2n) is 5.30. The lowest BCUT2D eigenvalue weighted by Gasteiger charge is -2.08. The maximum atomic E-state index is 12.0. The molecule has 0 saturated heterocycles. The largest absolute Gasteiger partial charge is 0.273 e. The molecule has 3 rings (SSSR count). The van der Waals surface area contributed by atoms with Gasteiger partial charge in [-0.2, -0.15) is 5.10 Å². The van der Waals surface area contributed by atoms with Gasteiger partial charge in [0, 0.05) is 22.4 Å². The predicted octanol–water partition coefficient (Wildman–Crippen LogP) is 2.64. The lowest BCUT2D eigenvalue weighted by atomic mass is 10.1. The van der Waals surface area contributed by atoms with E-state index in [1.165, 1.54) is 0 Å². The molecule has 0 bridgehead atoms. The van der Waals surface area contributed by atoms with E-state index in [2.05, 4.69) is 31.9 Å². The second-order valence-corrected chi connectivity index (χ2v) is 6.22. The number of hydrogen-bond donors (Lipinski definition) is 2. The summed E-state index contributed by atoms with van der Waals surface area (Å²) in [7, 11) is 0. The van der Waals surface area contributed by atoms with Gasteiger partial charge < -0.3 is 0 Å². The highest BCUT2D eigenvalue weighted by Crippen LogP contribution is 2.10. The molecule has 0 aliphatic rings. The lowest BCUT2D eigenvalue weighted by Crippen LogP contribution is -2.42. The van der Waals surface area contributed by atoms with Gasteiger partial charge in [0.2, 0.25) is 5.91 Å². The highest BCUT2D eigenvalue weighted by Gasteiger charge is 2.08. The van der Waals surface area contributed by atoms with Gasteiger partial charge in [-0.15, -0.1) is 0 Å². The minimum atomic E-state index is -0.366. The Morgan fingerprint density at radius 1 is 1.00 bits per heavy atom. The number of rotatable bonds is 4. The van der Waals surface area contributed by atoms with Crippen LogP contribution in [0.3, 0.4) is 0 Å². The van der Waals surface area contributed by atoms with Crippen LogP contribution in [0.4, 0.5) is 0 Å². The molecule has 25 heavy (non-hydrogen) atoms. The van der Waals surface area contributed by atoms with Crippen LogP contribution in [0.5, 0.6) is 0 Å². The molecule has 2 aromatic carbocycles. The van der Waals surface area contributed by atoms with Crippen molar-refractivity contribution in [2.75, 3.05) is 0 Å². The highest BCUT2D eigenvalue weighted by molar-refractivity contribution is 9.10. The third kappa shape index (κ3) is 4.54. The van der Waals surface area contributed by atoms with E-state index in [9.17, 15) is 9.59 Å². The van der Waals surface area contributed by atoms with Crippen LogP contribution in [-0.4, -0.2) is 21.6 Å². The van der Waals surface area contributed by atoms with E-state index in [4.69, 9.17) is 0 Å². The number of carbonyl (C=O) groups is 2. The van der Waals surface area contributed by atoms with Crippen molar-refractivity contribution in [2.45, 2.75) is 6.42 Å². The average molecular weight is 399 g/mol. The minimum Gasteiger partial charge on any atom is -0.273 e. The summed E-state index contributed by atoms with van der Waals surface area (Å²) in [5.74, 6) is -0.660. The number of nitrogens with one attached hydrogen (secondary N) is 2. The van der Waals surface area contributed by atoms with Crippen LogP contribution in [0.25, 0.3) is 5.69 Å². The number of benzene rings is 2. The van der Waals surface area contributed by atoms with Gasteiger partial charge in [0.25, 0.3) is 5.91 Å². The topological polar surface area (TPSA) is 76.0 Å². The number of halogens is 1. The molecule has 126 valence electrons. The molecule has 2 amide bonds. The van der Waals surface area contributed by atoms with E-state index in [0.29, 0.717) is 5.56 Å². The summed E-state index contributed by atoms with van der Waals surface area (Å²) in [5.41, 5.74) is 7.04. The van der Waals surface area contributed by atoms with Crippen molar-refractivity contribution in [1.29, 1.82) is 0 Å². The van der Waals surface area contributed by atoms with Crippen LogP contribution in [-0.2, 0) is 11.2 Å². The molecular weight excluding hydrogens is 384 g/mol. The summed E-state index contributed by atoms with van der Waals surface area (Å²) in [6, 6.07) is 16.2. The van der Waals surface area contributed by atoms with Gasteiger partial charge >= 0.3 is 0 Å². The Morgan fingerprint density at radius 2 is 1.72 bits per heavy atom. The smallest absolute Gasteiger partial charge is 0.269 e. The standard InChI is InChI=1S/C18H15BrN4O2/c19-15-6-4-14(5-7-15)18(25)22-21-17(24)12-13-2-8-16(9-3-13)23-11-1-10-20-23/h1-11H,12H2,(H,21,24)(H,22,25). The maximum absolute atomic E-state index is 12.0. The Balaban J connectivity index is 1.52. The highest BCUT2D eigenvalue weighted by atomic mass is 79.9. The van der Waals surface area contributed by atoms with Gasteiger partial charge in [-0.3, -0.25) is 20.4 Å². The van der Waals surface area contributed by atoms with Gasteiger partial charge in [-0.25, -0.2) is 4.68 Å². The summed E-state index contributed by atoms with van der Waals surface area (Å²) < 4.78 is 2.62. The molecule has 0 spiro atoms. The number of aromatic nitrogens is 2. The van der Waals surface area contributed by atoms with Crippen molar-refractivity contribution in [2.24, 2.45) is 0 Å². The Labute approximate surface area is 153 Å². The molecule has 7 heteroatoms. The van der Waals surface area contributed by atoms with Crippen molar-refractivity contribution in [3.8, 4) is 5.69 Å². The molecule has 3 aromatic rings. The van der Waals surface area contributed by atoms with Crippen molar-refractivity contribution < 1.29 is 9.59 Å². The maximum Gasteiger partial charge on any atom is 0.269 e. The van der Waals surface area contributed by atoms with Gasteiger partial charge in [0.1, 0.15) is 0 Å². The molecule has 0 unspecified atom stereocenters. The molecule has 0 saturated carbocycles. The van der Waals surface area contributed by atoms with Gasteiger partial charge in [0.15, 0.2) is 0 Å². The summed E-state index contributed by atoms with van der Waals surface area (Å²) in [6.07, 6.45) is 3.72. The Hall–Kier alpha value is -2.93. The molecule has 0 fully saturated rings. The Morgan fingerprint density at radius 3 is 2.36 bits per heavy atom. The fourth-order valence-corrected chi connectivity index (χ4v) is 2.48. The predicted molar refractivity (Wildman–Crippen MR) is 97.0 cm³/mol. The molecule has 6 nitrogen and oxygen atoms in total. The van der Waals surface area contributed by atoms with E-state index >= 15 is 0 Å². The first-order chi connectivity index (χ1) is 12.1. The lowest BCUT2D eigenvalue weighted by molar-refractivity contribution is -0.121. The quantitative estimate of drug-likeness (QED) is 0.663. The summed E-state index contributed by atoms with van der Waals surface area (Å²) in [4.78, 5) is 23.9. The number of amides is 2. The summed E-state index contributed by atoms with van der Waals surface area (Å²) >= 11 is 3.30. The number of carbonyl (C=O) groups excluding carboxylic acids is 2. The van der Waals surface area contributed by atoms with E-state index in [1.54, 1.807) is 35.1 Å². The van der Waals surface area contributed by atoms with Crippen molar-refractivity contribution in [1.82, 2.24) is 20.6 Å². The van der Waals surface area contributed by atoms with Crippen LogP contribution in [0.15, 0.2) is 71.5 Å². The number of hydrazine groups is 1.